The summed E-state index contributed by atoms with van der Waals surface area (Å²) < 4.78 is 31.8. The molecule has 0 unspecified atom stereocenters. The molecule has 1 aliphatic heterocycles. The van der Waals surface area contributed by atoms with Crippen molar-refractivity contribution < 1.29 is 13.2 Å². The van der Waals surface area contributed by atoms with Crippen molar-refractivity contribution in [3.63, 3.8) is 0 Å². The number of rotatable bonds is 10. The third-order valence-corrected chi connectivity index (χ3v) is 6.18. The lowest BCUT2D eigenvalue weighted by Crippen LogP contribution is -2.54. The van der Waals surface area contributed by atoms with Crippen LogP contribution in [-0.4, -0.2) is 106 Å². The van der Waals surface area contributed by atoms with Crippen molar-refractivity contribution in [3.05, 3.63) is 0 Å². The second-order valence-electron chi connectivity index (χ2n) is 6.75. The molecular formula is C17H38IN5O3S. The first-order valence-electron chi connectivity index (χ1n) is 9.61. The molecule has 1 heterocycles. The van der Waals surface area contributed by atoms with Crippen LogP contribution in [0.5, 0.6) is 0 Å². The third kappa shape index (κ3) is 10.2. The van der Waals surface area contributed by atoms with Crippen LogP contribution in [0.2, 0.25) is 0 Å². The molecule has 10 heteroatoms. The van der Waals surface area contributed by atoms with Crippen LogP contribution in [0.25, 0.3) is 0 Å². The van der Waals surface area contributed by atoms with Gasteiger partial charge in [0.05, 0.1) is 25.0 Å². The molecule has 0 radical (unpaired) electrons. The first-order chi connectivity index (χ1) is 12.3. The van der Waals surface area contributed by atoms with Gasteiger partial charge in [0.1, 0.15) is 0 Å². The molecule has 0 aliphatic carbocycles. The first kappa shape index (κ1) is 26.8. The zero-order valence-corrected chi connectivity index (χ0v) is 20.6. The smallest absolute Gasteiger partial charge is 0.216 e. The molecule has 1 aliphatic rings. The monoisotopic (exact) mass is 519 g/mol. The predicted octanol–water partition coefficient (Wildman–Crippen LogP) is 0.894. The third-order valence-electron chi connectivity index (χ3n) is 4.34. The average molecular weight is 519 g/mol. The molecule has 0 aromatic rings. The molecule has 0 amide bonds. The highest BCUT2D eigenvalue weighted by Crippen LogP contribution is 2.09. The molecular weight excluding hydrogens is 481 g/mol. The zero-order chi connectivity index (χ0) is 19.6. The van der Waals surface area contributed by atoms with Gasteiger partial charge in [0, 0.05) is 39.3 Å². The summed E-state index contributed by atoms with van der Waals surface area (Å²) in [5.74, 6) is 0.917. The Morgan fingerprint density at radius 2 is 1.85 bits per heavy atom. The van der Waals surface area contributed by atoms with Gasteiger partial charge in [-0.1, -0.05) is 6.92 Å². The van der Waals surface area contributed by atoms with Crippen molar-refractivity contribution >= 4 is 40.0 Å². The molecule has 0 atom stereocenters. The Balaban J connectivity index is 0.00000676. The van der Waals surface area contributed by atoms with Crippen LogP contribution in [0.4, 0.5) is 0 Å². The summed E-state index contributed by atoms with van der Waals surface area (Å²) in [7, 11) is -1.18. The maximum Gasteiger partial charge on any atom is 0.216 e. The van der Waals surface area contributed by atoms with E-state index in [1.54, 1.807) is 4.31 Å². The number of likely N-dealkylation sites (N-methyl/N-ethyl adjacent to an activating group) is 1. The fourth-order valence-electron chi connectivity index (χ4n) is 2.61. The summed E-state index contributed by atoms with van der Waals surface area (Å²) in [6.07, 6.45) is 0.0488. The molecule has 0 saturated carbocycles. The quantitative estimate of drug-likeness (QED) is 0.263. The summed E-state index contributed by atoms with van der Waals surface area (Å²) in [6.45, 7) is 14.0. The molecule has 162 valence electrons. The van der Waals surface area contributed by atoms with E-state index in [0.717, 1.165) is 32.1 Å². The summed E-state index contributed by atoms with van der Waals surface area (Å²) in [6, 6.07) is 0. The maximum absolute atomic E-state index is 12.4. The van der Waals surface area contributed by atoms with Crippen molar-refractivity contribution in [3.8, 4) is 0 Å². The Morgan fingerprint density at radius 1 is 1.22 bits per heavy atom. The second-order valence-corrected chi connectivity index (χ2v) is 8.84. The Morgan fingerprint density at radius 3 is 2.37 bits per heavy atom. The molecule has 0 spiro atoms. The number of piperazine rings is 1. The number of ether oxygens (including phenoxy) is 1. The van der Waals surface area contributed by atoms with Crippen LogP contribution in [-0.2, 0) is 14.8 Å². The van der Waals surface area contributed by atoms with Crippen LogP contribution in [0.3, 0.4) is 0 Å². The molecule has 8 nitrogen and oxygen atoms in total. The van der Waals surface area contributed by atoms with E-state index in [1.807, 2.05) is 20.8 Å². The van der Waals surface area contributed by atoms with E-state index < -0.39 is 10.0 Å². The van der Waals surface area contributed by atoms with E-state index >= 15 is 0 Å². The lowest BCUT2D eigenvalue weighted by molar-refractivity contribution is 0.0904. The molecule has 0 aromatic carbocycles. The Bertz CT molecular complexity index is 523. The minimum atomic E-state index is -3.26. The van der Waals surface area contributed by atoms with Gasteiger partial charge in [-0.05, 0) is 34.4 Å². The van der Waals surface area contributed by atoms with Crippen LogP contribution in [0.1, 0.15) is 27.7 Å². The minimum Gasteiger partial charge on any atom is -0.378 e. The SMILES string of the molecule is CCNC(=NCCN(C)CC)N1CCN(S(=O)(=O)CCOC(C)C)CC1.I. The number of hydrogen-bond acceptors (Lipinski definition) is 5. The van der Waals surface area contributed by atoms with Crippen molar-refractivity contribution in [2.24, 2.45) is 4.99 Å². The highest BCUT2D eigenvalue weighted by Gasteiger charge is 2.27. The van der Waals surface area contributed by atoms with Crippen molar-refractivity contribution in [2.45, 2.75) is 33.8 Å². The fourth-order valence-corrected chi connectivity index (χ4v) is 3.89. The molecule has 27 heavy (non-hydrogen) atoms. The molecule has 1 rings (SSSR count). The van der Waals surface area contributed by atoms with E-state index in [1.165, 1.54) is 0 Å². The second kappa shape index (κ2) is 13.9. The van der Waals surface area contributed by atoms with Crippen molar-refractivity contribution in [2.75, 3.05) is 71.8 Å². The van der Waals surface area contributed by atoms with E-state index in [-0.39, 0.29) is 42.4 Å². The number of halogens is 1. The van der Waals surface area contributed by atoms with Gasteiger partial charge in [-0.2, -0.15) is 4.31 Å². The first-order valence-corrected chi connectivity index (χ1v) is 11.2. The van der Waals surface area contributed by atoms with E-state index in [2.05, 4.69) is 34.1 Å². The molecule has 1 N–H and O–H groups in total. The minimum absolute atomic E-state index is 0. The summed E-state index contributed by atoms with van der Waals surface area (Å²) in [5.41, 5.74) is 0. The van der Waals surface area contributed by atoms with Crippen molar-refractivity contribution in [1.82, 2.24) is 19.4 Å². The summed E-state index contributed by atoms with van der Waals surface area (Å²) in [4.78, 5) is 9.05. The lowest BCUT2D eigenvalue weighted by Gasteiger charge is -2.36. The number of guanidine groups is 1. The fraction of sp³-hybridized carbons (Fsp3) is 0.941. The number of sulfonamides is 1. The Kier molecular flexibility index (Phi) is 13.8. The van der Waals surface area contributed by atoms with E-state index in [4.69, 9.17) is 4.74 Å². The van der Waals surface area contributed by atoms with Crippen LogP contribution in [0, 0.1) is 0 Å². The average Bonchev–Trinajstić information content (AvgIpc) is 2.60. The van der Waals surface area contributed by atoms with Crippen LogP contribution >= 0.6 is 24.0 Å². The van der Waals surface area contributed by atoms with Gasteiger partial charge in [-0.3, -0.25) is 4.99 Å². The summed E-state index contributed by atoms with van der Waals surface area (Å²) >= 11 is 0. The van der Waals surface area contributed by atoms with Crippen LogP contribution in [0.15, 0.2) is 4.99 Å². The number of nitrogens with one attached hydrogen (secondary N) is 1. The summed E-state index contributed by atoms with van der Waals surface area (Å²) in [5, 5.41) is 3.31. The van der Waals surface area contributed by atoms with Gasteiger partial charge in [0.2, 0.25) is 10.0 Å². The lowest BCUT2D eigenvalue weighted by atomic mass is 10.4. The van der Waals surface area contributed by atoms with Crippen molar-refractivity contribution in [1.29, 1.82) is 0 Å². The van der Waals surface area contributed by atoms with Gasteiger partial charge in [-0.15, -0.1) is 24.0 Å². The van der Waals surface area contributed by atoms with Gasteiger partial charge in [-0.25, -0.2) is 8.42 Å². The molecule has 1 fully saturated rings. The highest BCUT2D eigenvalue weighted by atomic mass is 127. The maximum atomic E-state index is 12.4. The largest absolute Gasteiger partial charge is 0.378 e. The number of hydrogen-bond donors (Lipinski definition) is 1. The highest BCUT2D eigenvalue weighted by molar-refractivity contribution is 14.0. The zero-order valence-electron chi connectivity index (χ0n) is 17.5. The Hall–Kier alpha value is -0.170. The molecule has 0 aromatic heterocycles. The van der Waals surface area contributed by atoms with Gasteiger partial charge < -0.3 is 19.9 Å². The van der Waals surface area contributed by atoms with Gasteiger partial charge in [0.15, 0.2) is 5.96 Å². The standard InChI is InChI=1S/C17H37N5O3S.HI/c1-6-18-17(19-8-9-20(5)7-2)21-10-12-22(13-11-21)26(23,24)15-14-25-16(3)4;/h16H,6-15H2,1-5H3,(H,18,19);1H. The van der Waals surface area contributed by atoms with E-state index in [9.17, 15) is 8.42 Å². The topological polar surface area (TPSA) is 77.5 Å². The normalized spacial score (nSPS) is 16.7. The molecule has 0 bridgehead atoms. The van der Waals surface area contributed by atoms with Gasteiger partial charge in [0.25, 0.3) is 0 Å². The predicted molar refractivity (Wildman–Crippen MR) is 123 cm³/mol. The van der Waals surface area contributed by atoms with Crippen LogP contribution < -0.4 is 5.32 Å². The molecule has 1 saturated heterocycles. The Labute approximate surface area is 182 Å². The number of aliphatic imine (C=N–C) groups is 1. The van der Waals surface area contributed by atoms with Gasteiger partial charge >= 0.3 is 0 Å². The van der Waals surface area contributed by atoms with E-state index in [0.29, 0.717) is 26.2 Å². The number of nitrogens with zero attached hydrogens (tertiary/aromatic N) is 4.